The largest absolute Gasteiger partial charge is 0.494 e. The zero-order chi connectivity index (χ0) is 21.3. The molecule has 3 aromatic rings. The summed E-state index contributed by atoms with van der Waals surface area (Å²) in [4.78, 5) is 12.6. The molecule has 0 aliphatic rings. The summed E-state index contributed by atoms with van der Waals surface area (Å²) in [5.41, 5.74) is 3.38. The van der Waals surface area contributed by atoms with Crippen LogP contribution in [0.5, 0.6) is 5.75 Å². The maximum Gasteiger partial charge on any atom is 0.266 e. The van der Waals surface area contributed by atoms with Gasteiger partial charge in [0.25, 0.3) is 5.91 Å². The second-order valence-corrected chi connectivity index (χ2v) is 6.96. The Morgan fingerprint density at radius 2 is 1.70 bits per heavy atom. The first-order valence-corrected chi connectivity index (χ1v) is 9.96. The van der Waals surface area contributed by atoms with E-state index >= 15 is 0 Å². The lowest BCUT2D eigenvalue weighted by Crippen LogP contribution is -2.13. The highest BCUT2D eigenvalue weighted by Crippen LogP contribution is 2.23. The van der Waals surface area contributed by atoms with E-state index in [2.05, 4.69) is 5.32 Å². The van der Waals surface area contributed by atoms with E-state index in [0.29, 0.717) is 23.7 Å². The van der Waals surface area contributed by atoms with Crippen molar-refractivity contribution in [2.24, 2.45) is 0 Å². The van der Waals surface area contributed by atoms with Crippen LogP contribution in [0.4, 0.5) is 5.69 Å². The Morgan fingerprint density at radius 3 is 2.37 bits per heavy atom. The molecule has 0 aliphatic heterocycles. The van der Waals surface area contributed by atoms with Crippen molar-refractivity contribution in [3.8, 4) is 11.8 Å². The molecule has 0 saturated heterocycles. The van der Waals surface area contributed by atoms with Gasteiger partial charge in [0.15, 0.2) is 0 Å². The molecule has 1 amide bonds. The number of nitrogens with zero attached hydrogens (tertiary/aromatic N) is 1. The highest BCUT2D eigenvalue weighted by molar-refractivity contribution is 6.31. The van der Waals surface area contributed by atoms with Gasteiger partial charge in [-0.05, 0) is 66.4 Å². The fourth-order valence-corrected chi connectivity index (χ4v) is 3.19. The Labute approximate surface area is 181 Å². The van der Waals surface area contributed by atoms with Crippen molar-refractivity contribution in [3.63, 3.8) is 0 Å². The van der Waals surface area contributed by atoms with Gasteiger partial charge in [-0.15, -0.1) is 0 Å². The van der Waals surface area contributed by atoms with Crippen LogP contribution in [0.25, 0.3) is 6.08 Å². The lowest BCUT2D eigenvalue weighted by atomic mass is 9.98. The second-order valence-electron chi connectivity index (χ2n) is 6.55. The van der Waals surface area contributed by atoms with Crippen molar-refractivity contribution in [1.29, 1.82) is 5.26 Å². The molecule has 30 heavy (non-hydrogen) atoms. The highest BCUT2D eigenvalue weighted by atomic mass is 35.5. The summed E-state index contributed by atoms with van der Waals surface area (Å²) in [5, 5.41) is 13.0. The molecule has 3 rings (SSSR count). The van der Waals surface area contributed by atoms with Crippen molar-refractivity contribution >= 4 is 29.3 Å². The predicted molar refractivity (Wildman–Crippen MR) is 121 cm³/mol. The predicted octanol–water partition coefficient (Wildman–Crippen LogP) is 5.88. The molecule has 0 atom stereocenters. The Bertz CT molecular complexity index is 1100. The van der Waals surface area contributed by atoms with Gasteiger partial charge in [-0.1, -0.05) is 54.1 Å². The normalized spacial score (nSPS) is 10.9. The van der Waals surface area contributed by atoms with E-state index in [0.717, 1.165) is 22.4 Å². The summed E-state index contributed by atoms with van der Waals surface area (Å²) in [6, 6.07) is 24.3. The Hall–Kier alpha value is -3.55. The van der Waals surface area contributed by atoms with Crippen LogP contribution in [-0.2, 0) is 11.2 Å². The molecule has 150 valence electrons. The van der Waals surface area contributed by atoms with Crippen molar-refractivity contribution < 1.29 is 9.53 Å². The molecular weight excluding hydrogens is 396 g/mol. The van der Waals surface area contributed by atoms with Crippen LogP contribution < -0.4 is 10.1 Å². The summed E-state index contributed by atoms with van der Waals surface area (Å²) in [6.45, 7) is 2.48. The SMILES string of the molecule is CCOc1ccc(NC(=O)/C(C#N)=C/c2ccccc2Cc2ccccc2Cl)cc1. The first-order valence-electron chi connectivity index (χ1n) is 9.58. The number of anilines is 1. The van der Waals surface area contributed by atoms with E-state index in [-0.39, 0.29) is 5.57 Å². The molecular formula is C25H21ClN2O2. The van der Waals surface area contributed by atoms with Gasteiger partial charge in [0.1, 0.15) is 17.4 Å². The van der Waals surface area contributed by atoms with Crippen LogP contribution >= 0.6 is 11.6 Å². The molecule has 0 fully saturated rings. The zero-order valence-corrected chi connectivity index (χ0v) is 17.3. The van der Waals surface area contributed by atoms with Gasteiger partial charge < -0.3 is 10.1 Å². The van der Waals surface area contributed by atoms with Crippen LogP contribution in [0, 0.1) is 11.3 Å². The molecule has 0 heterocycles. The summed E-state index contributed by atoms with van der Waals surface area (Å²) >= 11 is 6.29. The number of carbonyl (C=O) groups excluding carboxylic acids is 1. The number of ether oxygens (including phenoxy) is 1. The van der Waals surface area contributed by atoms with E-state index < -0.39 is 5.91 Å². The zero-order valence-electron chi connectivity index (χ0n) is 16.6. The number of amides is 1. The number of benzene rings is 3. The number of rotatable bonds is 7. The Morgan fingerprint density at radius 1 is 1.03 bits per heavy atom. The number of hydrogen-bond acceptors (Lipinski definition) is 3. The van der Waals surface area contributed by atoms with E-state index in [4.69, 9.17) is 16.3 Å². The molecule has 4 nitrogen and oxygen atoms in total. The number of nitrogens with one attached hydrogen (secondary N) is 1. The minimum Gasteiger partial charge on any atom is -0.494 e. The third-order valence-corrected chi connectivity index (χ3v) is 4.85. The van der Waals surface area contributed by atoms with Crippen molar-refractivity contribution in [3.05, 3.63) is 100 Å². The fraction of sp³-hybridized carbons (Fsp3) is 0.120. The molecule has 0 saturated carbocycles. The summed E-state index contributed by atoms with van der Waals surface area (Å²) in [7, 11) is 0. The molecule has 0 bridgehead atoms. The number of halogens is 1. The van der Waals surface area contributed by atoms with Gasteiger partial charge in [0, 0.05) is 10.7 Å². The molecule has 0 aliphatic carbocycles. The maximum absolute atomic E-state index is 12.6. The Kier molecular flexibility index (Phi) is 7.26. The first kappa shape index (κ1) is 21.2. The van der Waals surface area contributed by atoms with Crippen molar-refractivity contribution in [1.82, 2.24) is 0 Å². The third-order valence-electron chi connectivity index (χ3n) is 4.48. The molecule has 0 radical (unpaired) electrons. The number of hydrogen-bond donors (Lipinski definition) is 1. The average Bonchev–Trinajstić information content (AvgIpc) is 2.76. The maximum atomic E-state index is 12.6. The topological polar surface area (TPSA) is 62.1 Å². The second kappa shape index (κ2) is 10.3. The molecule has 0 spiro atoms. The van der Waals surface area contributed by atoms with Crippen molar-refractivity contribution in [2.45, 2.75) is 13.3 Å². The standard InChI is InChI=1S/C25H21ClN2O2/c1-2-30-23-13-11-22(12-14-23)28-25(29)21(17-27)16-19-8-4-3-7-18(19)15-20-9-5-6-10-24(20)26/h3-14,16H,2,15H2,1H3,(H,28,29)/b21-16+. The monoisotopic (exact) mass is 416 g/mol. The molecule has 5 heteroatoms. The Balaban J connectivity index is 1.81. The van der Waals surface area contributed by atoms with Gasteiger partial charge in [-0.25, -0.2) is 0 Å². The minimum atomic E-state index is -0.464. The van der Waals surface area contributed by atoms with Gasteiger partial charge in [0.05, 0.1) is 6.61 Å². The minimum absolute atomic E-state index is 0.0236. The van der Waals surface area contributed by atoms with Crippen molar-refractivity contribution in [2.75, 3.05) is 11.9 Å². The van der Waals surface area contributed by atoms with Crippen LogP contribution in [0.15, 0.2) is 78.4 Å². The molecule has 0 unspecified atom stereocenters. The van der Waals surface area contributed by atoms with Crippen LogP contribution in [0.2, 0.25) is 5.02 Å². The van der Waals surface area contributed by atoms with E-state index in [1.165, 1.54) is 0 Å². The van der Waals surface area contributed by atoms with Gasteiger partial charge in [0.2, 0.25) is 0 Å². The van der Waals surface area contributed by atoms with Gasteiger partial charge >= 0.3 is 0 Å². The van der Waals surface area contributed by atoms with E-state index in [9.17, 15) is 10.1 Å². The van der Waals surface area contributed by atoms with E-state index in [1.807, 2.05) is 61.5 Å². The lowest BCUT2D eigenvalue weighted by molar-refractivity contribution is -0.112. The van der Waals surface area contributed by atoms with Crippen LogP contribution in [0.1, 0.15) is 23.6 Å². The van der Waals surface area contributed by atoms with Crippen LogP contribution in [0.3, 0.4) is 0 Å². The smallest absolute Gasteiger partial charge is 0.266 e. The first-order chi connectivity index (χ1) is 14.6. The van der Waals surface area contributed by atoms with Gasteiger partial charge in [-0.2, -0.15) is 5.26 Å². The lowest BCUT2D eigenvalue weighted by Gasteiger charge is -2.09. The molecule has 3 aromatic carbocycles. The van der Waals surface area contributed by atoms with Crippen LogP contribution in [-0.4, -0.2) is 12.5 Å². The van der Waals surface area contributed by atoms with E-state index in [1.54, 1.807) is 30.3 Å². The molecule has 1 N–H and O–H groups in total. The average molecular weight is 417 g/mol. The number of nitriles is 1. The van der Waals surface area contributed by atoms with Gasteiger partial charge in [-0.3, -0.25) is 4.79 Å². The third kappa shape index (κ3) is 5.50. The quantitative estimate of drug-likeness (QED) is 0.386. The number of carbonyl (C=O) groups is 1. The summed E-state index contributed by atoms with van der Waals surface area (Å²) in [5.74, 6) is 0.259. The summed E-state index contributed by atoms with van der Waals surface area (Å²) < 4.78 is 5.40. The highest BCUT2D eigenvalue weighted by Gasteiger charge is 2.12. The molecule has 0 aromatic heterocycles. The summed E-state index contributed by atoms with van der Waals surface area (Å²) in [6.07, 6.45) is 2.21. The fourth-order valence-electron chi connectivity index (χ4n) is 2.99.